The van der Waals surface area contributed by atoms with Gasteiger partial charge in [0.25, 0.3) is 5.89 Å². The van der Waals surface area contributed by atoms with Gasteiger partial charge in [0.2, 0.25) is 5.82 Å². The summed E-state index contributed by atoms with van der Waals surface area (Å²) in [6.07, 6.45) is 4.69. The quantitative estimate of drug-likeness (QED) is 0.754. The van der Waals surface area contributed by atoms with Gasteiger partial charge in [-0.15, -0.1) is 0 Å². The van der Waals surface area contributed by atoms with Crippen LogP contribution in [-0.2, 0) is 0 Å². The number of phenols is 1. The minimum atomic E-state index is 0.191. The molecule has 3 rings (SSSR count). The van der Waals surface area contributed by atoms with Crippen molar-refractivity contribution < 1.29 is 9.63 Å². The first-order valence-electron chi connectivity index (χ1n) is 5.64. The Bertz CT molecular complexity index is 710. The molecule has 0 aliphatic heterocycles. The topological polar surface area (TPSA) is 84.9 Å². The molecule has 6 nitrogen and oxygen atoms in total. The van der Waals surface area contributed by atoms with Crippen molar-refractivity contribution in [3.05, 3.63) is 42.4 Å². The molecule has 0 atom stereocenters. The van der Waals surface area contributed by atoms with Crippen molar-refractivity contribution in [3.63, 3.8) is 0 Å². The van der Waals surface area contributed by atoms with Gasteiger partial charge in [0.05, 0.1) is 6.20 Å². The summed E-state index contributed by atoms with van der Waals surface area (Å²) in [6.45, 7) is 1.82. The molecule has 0 amide bonds. The second-order valence-corrected chi connectivity index (χ2v) is 4.02. The molecule has 19 heavy (non-hydrogen) atoms. The Morgan fingerprint density at radius 3 is 2.84 bits per heavy atom. The molecule has 0 aliphatic rings. The predicted molar refractivity (Wildman–Crippen MR) is 67.2 cm³/mol. The van der Waals surface area contributed by atoms with Gasteiger partial charge in [0, 0.05) is 18.0 Å². The summed E-state index contributed by atoms with van der Waals surface area (Å²) in [5, 5.41) is 13.5. The van der Waals surface area contributed by atoms with Crippen molar-refractivity contribution >= 4 is 0 Å². The van der Waals surface area contributed by atoms with E-state index in [0.717, 1.165) is 5.56 Å². The largest absolute Gasteiger partial charge is 0.508 e. The van der Waals surface area contributed by atoms with E-state index in [-0.39, 0.29) is 5.75 Å². The number of aryl methyl sites for hydroxylation is 1. The lowest BCUT2D eigenvalue weighted by Gasteiger charge is -1.99. The maximum atomic E-state index is 9.67. The molecule has 2 aromatic heterocycles. The number of aromatic nitrogens is 4. The SMILES string of the molecule is Cc1ccc(-c2nc(-c3cnccn3)no2)cc1O. The number of nitrogens with zero attached hydrogens (tertiary/aromatic N) is 4. The fourth-order valence-corrected chi connectivity index (χ4v) is 1.60. The molecule has 0 aliphatic carbocycles. The highest BCUT2D eigenvalue weighted by Gasteiger charge is 2.12. The first-order valence-corrected chi connectivity index (χ1v) is 5.64. The number of hydrogen-bond acceptors (Lipinski definition) is 6. The van der Waals surface area contributed by atoms with Crippen LogP contribution in [0.25, 0.3) is 23.0 Å². The van der Waals surface area contributed by atoms with Crippen molar-refractivity contribution in [1.29, 1.82) is 0 Å². The fraction of sp³-hybridized carbons (Fsp3) is 0.0769. The van der Waals surface area contributed by atoms with Gasteiger partial charge in [-0.05, 0) is 24.6 Å². The number of aromatic hydroxyl groups is 1. The smallest absolute Gasteiger partial charge is 0.258 e. The van der Waals surface area contributed by atoms with Crippen LogP contribution in [0.5, 0.6) is 5.75 Å². The van der Waals surface area contributed by atoms with Crippen molar-refractivity contribution in [2.75, 3.05) is 0 Å². The van der Waals surface area contributed by atoms with Crippen LogP contribution >= 0.6 is 0 Å². The minimum Gasteiger partial charge on any atom is -0.508 e. The molecular weight excluding hydrogens is 244 g/mol. The van der Waals surface area contributed by atoms with Gasteiger partial charge >= 0.3 is 0 Å². The molecule has 3 aromatic rings. The van der Waals surface area contributed by atoms with Crippen molar-refractivity contribution in [3.8, 4) is 28.7 Å². The van der Waals surface area contributed by atoms with Gasteiger partial charge in [-0.2, -0.15) is 4.98 Å². The Morgan fingerprint density at radius 2 is 2.11 bits per heavy atom. The van der Waals surface area contributed by atoms with Gasteiger partial charge in [-0.25, -0.2) is 4.98 Å². The lowest BCUT2D eigenvalue weighted by Crippen LogP contribution is -1.86. The molecule has 0 saturated heterocycles. The third-order valence-corrected chi connectivity index (χ3v) is 2.67. The third-order valence-electron chi connectivity index (χ3n) is 2.67. The van der Waals surface area contributed by atoms with Crippen LogP contribution in [0.2, 0.25) is 0 Å². The van der Waals surface area contributed by atoms with Crippen LogP contribution in [0.15, 0.2) is 41.3 Å². The number of rotatable bonds is 2. The summed E-state index contributed by atoms with van der Waals surface area (Å²) >= 11 is 0. The number of benzene rings is 1. The second-order valence-electron chi connectivity index (χ2n) is 4.02. The molecular formula is C13H10N4O2. The van der Waals surface area contributed by atoms with Crippen LogP contribution in [0.4, 0.5) is 0 Å². The van der Waals surface area contributed by atoms with Crippen molar-refractivity contribution in [2.45, 2.75) is 6.92 Å². The van der Waals surface area contributed by atoms with Crippen LogP contribution in [0.3, 0.4) is 0 Å². The molecule has 0 spiro atoms. The van der Waals surface area contributed by atoms with E-state index in [1.165, 1.54) is 0 Å². The molecule has 2 heterocycles. The molecule has 1 aromatic carbocycles. The average molecular weight is 254 g/mol. The summed E-state index contributed by atoms with van der Waals surface area (Å²) in [5.74, 6) is 0.885. The highest BCUT2D eigenvalue weighted by atomic mass is 16.5. The fourth-order valence-electron chi connectivity index (χ4n) is 1.60. The van der Waals surface area contributed by atoms with E-state index in [0.29, 0.717) is 23.0 Å². The van der Waals surface area contributed by atoms with Gasteiger partial charge < -0.3 is 9.63 Å². The van der Waals surface area contributed by atoms with Gasteiger partial charge in [0.15, 0.2) is 0 Å². The monoisotopic (exact) mass is 254 g/mol. The summed E-state index contributed by atoms with van der Waals surface area (Å²) < 4.78 is 5.16. The number of hydrogen-bond donors (Lipinski definition) is 1. The summed E-state index contributed by atoms with van der Waals surface area (Å²) in [6, 6.07) is 5.18. The molecule has 6 heteroatoms. The van der Waals surface area contributed by atoms with E-state index in [9.17, 15) is 5.11 Å². The first kappa shape index (κ1) is 11.3. The molecule has 0 fully saturated rings. The Hall–Kier alpha value is -2.76. The third kappa shape index (κ3) is 2.15. The standard InChI is InChI=1S/C13H10N4O2/c1-8-2-3-9(6-11(8)18)13-16-12(17-19-13)10-7-14-4-5-15-10/h2-7,18H,1H3. The minimum absolute atomic E-state index is 0.191. The molecule has 0 bridgehead atoms. The average Bonchev–Trinajstić information content (AvgIpc) is 2.93. The second kappa shape index (κ2) is 4.49. The van der Waals surface area contributed by atoms with Crippen LogP contribution in [-0.4, -0.2) is 25.2 Å². The summed E-state index contributed by atoms with van der Waals surface area (Å²) in [7, 11) is 0. The zero-order chi connectivity index (χ0) is 13.2. The maximum Gasteiger partial charge on any atom is 0.258 e. The van der Waals surface area contributed by atoms with Crippen LogP contribution in [0.1, 0.15) is 5.56 Å². The van der Waals surface area contributed by atoms with E-state index in [2.05, 4.69) is 20.1 Å². The molecule has 0 saturated carbocycles. The van der Waals surface area contributed by atoms with Crippen LogP contribution < -0.4 is 0 Å². The van der Waals surface area contributed by atoms with Gasteiger partial charge in [-0.3, -0.25) is 4.98 Å². The van der Waals surface area contributed by atoms with Gasteiger partial charge in [-0.1, -0.05) is 11.2 Å². The molecule has 1 N–H and O–H groups in total. The molecule has 0 radical (unpaired) electrons. The van der Waals surface area contributed by atoms with Gasteiger partial charge in [0.1, 0.15) is 11.4 Å². The summed E-state index contributed by atoms with van der Waals surface area (Å²) in [5.41, 5.74) is 1.98. The Labute approximate surface area is 108 Å². The van der Waals surface area contributed by atoms with Crippen LogP contribution in [0, 0.1) is 6.92 Å². The zero-order valence-corrected chi connectivity index (χ0v) is 10.1. The van der Waals surface area contributed by atoms with E-state index in [1.807, 2.05) is 13.0 Å². The van der Waals surface area contributed by atoms with Crippen molar-refractivity contribution in [2.24, 2.45) is 0 Å². The lowest BCUT2D eigenvalue weighted by atomic mass is 10.1. The van der Waals surface area contributed by atoms with Crippen molar-refractivity contribution in [1.82, 2.24) is 20.1 Å². The van der Waals surface area contributed by atoms with E-state index in [1.54, 1.807) is 30.7 Å². The Balaban J connectivity index is 1.99. The summed E-state index contributed by atoms with van der Waals surface area (Å²) in [4.78, 5) is 12.3. The predicted octanol–water partition coefficient (Wildman–Crippen LogP) is 2.21. The Morgan fingerprint density at radius 1 is 1.21 bits per heavy atom. The molecule has 94 valence electrons. The van der Waals surface area contributed by atoms with E-state index >= 15 is 0 Å². The normalized spacial score (nSPS) is 10.6. The van der Waals surface area contributed by atoms with E-state index < -0.39 is 0 Å². The highest BCUT2D eigenvalue weighted by Crippen LogP contribution is 2.26. The zero-order valence-electron chi connectivity index (χ0n) is 10.1. The number of phenolic OH excluding ortho intramolecular Hbond substituents is 1. The molecule has 0 unspecified atom stereocenters. The first-order chi connectivity index (χ1) is 9.24. The Kier molecular flexibility index (Phi) is 2.68. The lowest BCUT2D eigenvalue weighted by molar-refractivity contribution is 0.431. The van der Waals surface area contributed by atoms with E-state index in [4.69, 9.17) is 4.52 Å². The highest BCUT2D eigenvalue weighted by molar-refractivity contribution is 5.59. The maximum absolute atomic E-state index is 9.67.